The fraction of sp³-hybridized carbons (Fsp3) is 0.294. The molecule has 2 N–H and O–H groups in total. The third kappa shape index (κ3) is 4.99. The minimum Gasteiger partial charge on any atom is -0.497 e. The summed E-state index contributed by atoms with van der Waals surface area (Å²) in [5.74, 6) is 1.04. The van der Waals surface area contributed by atoms with Crippen LogP contribution in [0.2, 0.25) is 0 Å². The number of methoxy groups -OCH3 is 2. The fourth-order valence-corrected chi connectivity index (χ4v) is 2.70. The first kappa shape index (κ1) is 17.8. The zero-order valence-electron chi connectivity index (χ0n) is 13.6. The van der Waals surface area contributed by atoms with Crippen LogP contribution in [0, 0.1) is 0 Å². The van der Waals surface area contributed by atoms with E-state index in [9.17, 15) is 9.59 Å². The number of amides is 2. The van der Waals surface area contributed by atoms with Crippen LogP contribution in [0.25, 0.3) is 0 Å². The normalized spacial score (nSPS) is 10.1. The number of hydrogen-bond acceptors (Lipinski definition) is 5. The van der Waals surface area contributed by atoms with Gasteiger partial charge >= 0.3 is 0 Å². The molecule has 6 nitrogen and oxygen atoms in total. The highest BCUT2D eigenvalue weighted by atomic mass is 32.1. The highest BCUT2D eigenvalue weighted by Crippen LogP contribution is 2.24. The van der Waals surface area contributed by atoms with Crippen molar-refractivity contribution in [3.63, 3.8) is 0 Å². The quantitative estimate of drug-likeness (QED) is 0.767. The van der Waals surface area contributed by atoms with Crippen molar-refractivity contribution in [3.8, 4) is 11.5 Å². The number of hydrogen-bond donors (Lipinski definition) is 2. The van der Waals surface area contributed by atoms with E-state index < -0.39 is 0 Å². The zero-order valence-corrected chi connectivity index (χ0v) is 14.4. The molecule has 2 amide bonds. The van der Waals surface area contributed by atoms with Crippen LogP contribution in [0.4, 0.5) is 0 Å². The van der Waals surface area contributed by atoms with Gasteiger partial charge in [-0.05, 0) is 23.6 Å². The van der Waals surface area contributed by atoms with Gasteiger partial charge in [-0.25, -0.2) is 0 Å². The van der Waals surface area contributed by atoms with Crippen LogP contribution in [0.15, 0.2) is 35.0 Å². The van der Waals surface area contributed by atoms with Crippen LogP contribution in [0.3, 0.4) is 0 Å². The van der Waals surface area contributed by atoms with Crippen LogP contribution in [-0.2, 0) is 11.3 Å². The molecule has 128 valence electrons. The molecule has 0 unspecified atom stereocenters. The lowest BCUT2D eigenvalue weighted by Gasteiger charge is -2.11. The van der Waals surface area contributed by atoms with Crippen LogP contribution < -0.4 is 20.1 Å². The van der Waals surface area contributed by atoms with Crippen molar-refractivity contribution in [1.29, 1.82) is 0 Å². The van der Waals surface area contributed by atoms with Crippen LogP contribution in [0.5, 0.6) is 11.5 Å². The van der Waals surface area contributed by atoms with Gasteiger partial charge in [0, 0.05) is 42.1 Å². The average molecular weight is 348 g/mol. The molecule has 0 atom stereocenters. The lowest BCUT2D eigenvalue weighted by molar-refractivity contribution is -0.121. The number of nitrogens with one attached hydrogen (secondary N) is 2. The van der Waals surface area contributed by atoms with Gasteiger partial charge in [-0.15, -0.1) is 0 Å². The van der Waals surface area contributed by atoms with E-state index in [0.717, 1.165) is 5.56 Å². The Labute approximate surface area is 144 Å². The van der Waals surface area contributed by atoms with Gasteiger partial charge in [0.2, 0.25) is 5.91 Å². The fourth-order valence-electron chi connectivity index (χ4n) is 2.07. The number of carbonyl (C=O) groups is 2. The van der Waals surface area contributed by atoms with E-state index in [2.05, 4.69) is 10.6 Å². The lowest BCUT2D eigenvalue weighted by Crippen LogP contribution is -2.30. The molecule has 0 bridgehead atoms. The minimum atomic E-state index is -0.166. The summed E-state index contributed by atoms with van der Waals surface area (Å²) in [6.07, 6.45) is 0.217. The average Bonchev–Trinajstić information content (AvgIpc) is 3.14. The van der Waals surface area contributed by atoms with Crippen molar-refractivity contribution in [3.05, 3.63) is 46.2 Å². The Morgan fingerprint density at radius 2 is 1.96 bits per heavy atom. The molecule has 0 aliphatic heterocycles. The van der Waals surface area contributed by atoms with E-state index in [4.69, 9.17) is 9.47 Å². The van der Waals surface area contributed by atoms with Gasteiger partial charge in [0.05, 0.1) is 14.2 Å². The summed E-state index contributed by atoms with van der Waals surface area (Å²) in [6, 6.07) is 7.17. The first-order chi connectivity index (χ1) is 11.6. The van der Waals surface area contributed by atoms with Gasteiger partial charge in [0.25, 0.3) is 5.91 Å². The van der Waals surface area contributed by atoms with Gasteiger partial charge in [0.1, 0.15) is 11.5 Å². The summed E-state index contributed by atoms with van der Waals surface area (Å²) >= 11 is 1.46. The molecule has 2 rings (SSSR count). The van der Waals surface area contributed by atoms with Crippen molar-refractivity contribution in [2.45, 2.75) is 13.0 Å². The zero-order chi connectivity index (χ0) is 17.4. The van der Waals surface area contributed by atoms with E-state index in [0.29, 0.717) is 30.2 Å². The van der Waals surface area contributed by atoms with Crippen molar-refractivity contribution < 1.29 is 19.1 Å². The van der Waals surface area contributed by atoms with E-state index >= 15 is 0 Å². The van der Waals surface area contributed by atoms with Gasteiger partial charge in [-0.3, -0.25) is 9.59 Å². The smallest absolute Gasteiger partial charge is 0.252 e. The van der Waals surface area contributed by atoms with Gasteiger partial charge in [0.15, 0.2) is 0 Å². The third-order valence-corrected chi connectivity index (χ3v) is 4.07. The SMILES string of the molecule is COc1ccc(CNC(=O)CCNC(=O)c2ccsc2)c(OC)c1. The highest BCUT2D eigenvalue weighted by Gasteiger charge is 2.09. The number of ether oxygens (including phenoxy) is 2. The molecule has 24 heavy (non-hydrogen) atoms. The van der Waals surface area contributed by atoms with E-state index in [1.807, 2.05) is 17.5 Å². The molecule has 0 spiro atoms. The second-order valence-electron chi connectivity index (χ2n) is 4.97. The summed E-state index contributed by atoms with van der Waals surface area (Å²) in [6.45, 7) is 0.644. The topological polar surface area (TPSA) is 76.7 Å². The molecule has 1 heterocycles. The molecular weight excluding hydrogens is 328 g/mol. The predicted octanol–water partition coefficient (Wildman–Crippen LogP) is 2.20. The number of benzene rings is 1. The maximum absolute atomic E-state index is 11.9. The second kappa shape index (κ2) is 8.93. The highest BCUT2D eigenvalue weighted by molar-refractivity contribution is 7.08. The van der Waals surface area contributed by atoms with Gasteiger partial charge in [-0.2, -0.15) is 11.3 Å². The molecule has 0 radical (unpaired) electrons. The predicted molar refractivity (Wildman–Crippen MR) is 92.7 cm³/mol. The number of thiophene rings is 1. The summed E-state index contributed by atoms with van der Waals surface area (Å²) in [5.41, 5.74) is 1.47. The Morgan fingerprint density at radius 1 is 1.12 bits per heavy atom. The molecule has 0 saturated carbocycles. The maximum Gasteiger partial charge on any atom is 0.252 e. The third-order valence-electron chi connectivity index (χ3n) is 3.39. The minimum absolute atomic E-state index is 0.140. The Bertz CT molecular complexity index is 686. The summed E-state index contributed by atoms with van der Waals surface area (Å²) in [7, 11) is 3.15. The molecule has 1 aromatic heterocycles. The Balaban J connectivity index is 1.76. The molecule has 2 aromatic rings. The summed E-state index contributed by atoms with van der Waals surface area (Å²) < 4.78 is 10.4. The number of rotatable bonds is 8. The monoisotopic (exact) mass is 348 g/mol. The maximum atomic E-state index is 11.9. The van der Waals surface area contributed by atoms with E-state index in [-0.39, 0.29) is 18.2 Å². The first-order valence-corrected chi connectivity index (χ1v) is 8.36. The largest absolute Gasteiger partial charge is 0.497 e. The standard InChI is InChI=1S/C17H20N2O4S/c1-22-14-4-3-12(15(9-14)23-2)10-19-16(20)5-7-18-17(21)13-6-8-24-11-13/h3-4,6,8-9,11H,5,7,10H2,1-2H3,(H,18,21)(H,19,20). The molecule has 0 aliphatic carbocycles. The second-order valence-corrected chi connectivity index (χ2v) is 5.75. The summed E-state index contributed by atoms with van der Waals surface area (Å²) in [5, 5.41) is 9.13. The molecule has 0 saturated heterocycles. The van der Waals surface area contributed by atoms with Crippen LogP contribution in [-0.4, -0.2) is 32.6 Å². The van der Waals surface area contributed by atoms with Crippen molar-refractivity contribution >= 4 is 23.2 Å². The van der Waals surface area contributed by atoms with Crippen LogP contribution >= 0.6 is 11.3 Å². The van der Waals surface area contributed by atoms with Crippen LogP contribution in [0.1, 0.15) is 22.3 Å². The van der Waals surface area contributed by atoms with Gasteiger partial charge in [-0.1, -0.05) is 0 Å². The van der Waals surface area contributed by atoms with E-state index in [1.165, 1.54) is 11.3 Å². The Hall–Kier alpha value is -2.54. The molecular formula is C17H20N2O4S. The van der Waals surface area contributed by atoms with Crippen molar-refractivity contribution in [1.82, 2.24) is 10.6 Å². The lowest BCUT2D eigenvalue weighted by atomic mass is 10.2. The Morgan fingerprint density at radius 3 is 2.62 bits per heavy atom. The van der Waals surface area contributed by atoms with Gasteiger partial charge < -0.3 is 20.1 Å². The van der Waals surface area contributed by atoms with Crippen molar-refractivity contribution in [2.24, 2.45) is 0 Å². The van der Waals surface area contributed by atoms with Crippen molar-refractivity contribution in [2.75, 3.05) is 20.8 Å². The van der Waals surface area contributed by atoms with E-state index in [1.54, 1.807) is 31.7 Å². The number of carbonyl (C=O) groups excluding carboxylic acids is 2. The molecule has 1 aromatic carbocycles. The first-order valence-electron chi connectivity index (χ1n) is 7.42. The molecule has 0 fully saturated rings. The Kier molecular flexibility index (Phi) is 6.62. The molecule has 7 heteroatoms. The summed E-state index contributed by atoms with van der Waals surface area (Å²) in [4.78, 5) is 23.6. The molecule has 0 aliphatic rings.